The standard InChI is InChI=1S/C14H19NO3/c1-14(6-8-18-9-7-14)15-13(17)10-11-4-2-3-5-12(11)16/h2-5,16H,6-10H2,1H3,(H,15,17). The number of aromatic hydroxyl groups is 1. The van der Waals surface area contributed by atoms with E-state index in [-0.39, 0.29) is 23.6 Å². The fourth-order valence-corrected chi connectivity index (χ4v) is 2.16. The van der Waals surface area contributed by atoms with Crippen LogP contribution in [0.3, 0.4) is 0 Å². The van der Waals surface area contributed by atoms with Crippen molar-refractivity contribution in [2.75, 3.05) is 13.2 Å². The number of hydrogen-bond donors (Lipinski definition) is 2. The molecule has 98 valence electrons. The highest BCUT2D eigenvalue weighted by molar-refractivity contribution is 5.80. The summed E-state index contributed by atoms with van der Waals surface area (Å²) in [6, 6.07) is 6.93. The van der Waals surface area contributed by atoms with Crippen LogP contribution >= 0.6 is 0 Å². The zero-order valence-corrected chi connectivity index (χ0v) is 10.6. The number of para-hydroxylation sites is 1. The Morgan fingerprint density at radius 2 is 2.06 bits per heavy atom. The predicted molar refractivity (Wildman–Crippen MR) is 68.4 cm³/mol. The molecule has 1 aromatic rings. The molecule has 0 saturated carbocycles. The lowest BCUT2D eigenvalue weighted by molar-refractivity contribution is -0.123. The molecule has 1 heterocycles. The highest BCUT2D eigenvalue weighted by atomic mass is 16.5. The second-order valence-corrected chi connectivity index (χ2v) is 5.03. The normalized spacial score (nSPS) is 18.3. The molecular formula is C14H19NO3. The van der Waals surface area contributed by atoms with Crippen LogP contribution in [-0.2, 0) is 16.0 Å². The highest BCUT2D eigenvalue weighted by Crippen LogP contribution is 2.21. The van der Waals surface area contributed by atoms with E-state index < -0.39 is 0 Å². The van der Waals surface area contributed by atoms with Crippen molar-refractivity contribution >= 4 is 5.91 Å². The summed E-state index contributed by atoms with van der Waals surface area (Å²) in [5, 5.41) is 12.7. The third-order valence-corrected chi connectivity index (χ3v) is 3.38. The van der Waals surface area contributed by atoms with Gasteiger partial charge in [0.2, 0.25) is 5.91 Å². The molecule has 1 amide bonds. The fraction of sp³-hybridized carbons (Fsp3) is 0.500. The van der Waals surface area contributed by atoms with E-state index >= 15 is 0 Å². The van der Waals surface area contributed by atoms with Crippen molar-refractivity contribution in [2.45, 2.75) is 31.7 Å². The lowest BCUT2D eigenvalue weighted by Crippen LogP contribution is -2.50. The minimum absolute atomic E-state index is 0.0547. The molecule has 0 aliphatic carbocycles. The first-order valence-corrected chi connectivity index (χ1v) is 6.25. The Balaban J connectivity index is 1.94. The Kier molecular flexibility index (Phi) is 3.87. The van der Waals surface area contributed by atoms with Crippen molar-refractivity contribution in [3.05, 3.63) is 29.8 Å². The van der Waals surface area contributed by atoms with Crippen molar-refractivity contribution in [1.82, 2.24) is 5.32 Å². The molecule has 18 heavy (non-hydrogen) atoms. The monoisotopic (exact) mass is 249 g/mol. The molecule has 1 aliphatic rings. The summed E-state index contributed by atoms with van der Waals surface area (Å²) in [5.41, 5.74) is 0.477. The summed E-state index contributed by atoms with van der Waals surface area (Å²) in [6.07, 6.45) is 1.88. The van der Waals surface area contributed by atoms with E-state index in [1.807, 2.05) is 13.0 Å². The number of nitrogens with one attached hydrogen (secondary N) is 1. The van der Waals surface area contributed by atoms with Gasteiger partial charge in [0, 0.05) is 24.3 Å². The highest BCUT2D eigenvalue weighted by Gasteiger charge is 2.28. The first-order valence-electron chi connectivity index (χ1n) is 6.25. The van der Waals surface area contributed by atoms with E-state index in [1.54, 1.807) is 18.2 Å². The Hall–Kier alpha value is -1.55. The molecule has 4 heteroatoms. The zero-order valence-electron chi connectivity index (χ0n) is 10.6. The number of amides is 1. The number of carbonyl (C=O) groups is 1. The molecule has 4 nitrogen and oxygen atoms in total. The number of rotatable bonds is 3. The average molecular weight is 249 g/mol. The molecule has 1 fully saturated rings. The van der Waals surface area contributed by atoms with Gasteiger partial charge >= 0.3 is 0 Å². The van der Waals surface area contributed by atoms with Gasteiger partial charge in [-0.2, -0.15) is 0 Å². The molecular weight excluding hydrogens is 230 g/mol. The molecule has 2 N–H and O–H groups in total. The average Bonchev–Trinajstić information content (AvgIpc) is 2.32. The minimum atomic E-state index is -0.181. The van der Waals surface area contributed by atoms with Crippen LogP contribution in [0.25, 0.3) is 0 Å². The van der Waals surface area contributed by atoms with Crippen molar-refractivity contribution in [1.29, 1.82) is 0 Å². The molecule has 1 aliphatic heterocycles. The Bertz CT molecular complexity index is 425. The van der Waals surface area contributed by atoms with Crippen LogP contribution in [0, 0.1) is 0 Å². The zero-order chi connectivity index (χ0) is 13.0. The minimum Gasteiger partial charge on any atom is -0.508 e. The molecule has 0 radical (unpaired) electrons. The van der Waals surface area contributed by atoms with Crippen molar-refractivity contribution < 1.29 is 14.6 Å². The molecule has 2 rings (SSSR count). The number of phenolic OH excluding ortho intramolecular Hbond substituents is 1. The molecule has 0 aromatic heterocycles. The van der Waals surface area contributed by atoms with Crippen LogP contribution in [0.2, 0.25) is 0 Å². The largest absolute Gasteiger partial charge is 0.508 e. The summed E-state index contributed by atoms with van der Waals surface area (Å²) in [5.74, 6) is 0.116. The molecule has 1 saturated heterocycles. The van der Waals surface area contributed by atoms with Gasteiger partial charge in [-0.25, -0.2) is 0 Å². The fourth-order valence-electron chi connectivity index (χ4n) is 2.16. The maximum atomic E-state index is 12.0. The predicted octanol–water partition coefficient (Wildman–Crippen LogP) is 1.62. The van der Waals surface area contributed by atoms with E-state index in [1.165, 1.54) is 0 Å². The third-order valence-electron chi connectivity index (χ3n) is 3.38. The van der Waals surface area contributed by atoms with Crippen LogP contribution in [-0.4, -0.2) is 29.8 Å². The van der Waals surface area contributed by atoms with Gasteiger partial charge in [-0.15, -0.1) is 0 Å². The van der Waals surface area contributed by atoms with E-state index in [0.29, 0.717) is 18.8 Å². The summed E-state index contributed by atoms with van der Waals surface area (Å²) in [7, 11) is 0. The van der Waals surface area contributed by atoms with Crippen molar-refractivity contribution in [3.63, 3.8) is 0 Å². The second-order valence-electron chi connectivity index (χ2n) is 5.03. The first-order chi connectivity index (χ1) is 8.59. The van der Waals surface area contributed by atoms with Crippen LogP contribution < -0.4 is 5.32 Å². The van der Waals surface area contributed by atoms with E-state index in [4.69, 9.17) is 4.74 Å². The Morgan fingerprint density at radius 3 is 2.72 bits per heavy atom. The number of carbonyl (C=O) groups excluding carboxylic acids is 1. The van der Waals surface area contributed by atoms with Crippen LogP contribution in [0.4, 0.5) is 0 Å². The van der Waals surface area contributed by atoms with Gasteiger partial charge in [0.25, 0.3) is 0 Å². The summed E-state index contributed by atoms with van der Waals surface area (Å²) < 4.78 is 5.29. The van der Waals surface area contributed by atoms with Crippen LogP contribution in [0.5, 0.6) is 5.75 Å². The van der Waals surface area contributed by atoms with Crippen molar-refractivity contribution in [3.8, 4) is 5.75 Å². The van der Waals surface area contributed by atoms with Crippen LogP contribution in [0.1, 0.15) is 25.3 Å². The molecule has 1 aromatic carbocycles. The molecule has 0 bridgehead atoms. The summed E-state index contributed by atoms with van der Waals surface area (Å²) in [4.78, 5) is 12.0. The second kappa shape index (κ2) is 5.40. The maximum Gasteiger partial charge on any atom is 0.224 e. The van der Waals surface area contributed by atoms with Gasteiger partial charge in [-0.3, -0.25) is 4.79 Å². The van der Waals surface area contributed by atoms with Gasteiger partial charge < -0.3 is 15.2 Å². The lowest BCUT2D eigenvalue weighted by Gasteiger charge is -2.34. The van der Waals surface area contributed by atoms with Gasteiger partial charge in [-0.1, -0.05) is 18.2 Å². The third kappa shape index (κ3) is 3.23. The number of hydrogen-bond acceptors (Lipinski definition) is 3. The topological polar surface area (TPSA) is 58.6 Å². The number of benzene rings is 1. The molecule has 0 unspecified atom stereocenters. The van der Waals surface area contributed by atoms with E-state index in [9.17, 15) is 9.90 Å². The molecule has 0 atom stereocenters. The van der Waals surface area contributed by atoms with Gasteiger partial charge in [0.1, 0.15) is 5.75 Å². The SMILES string of the molecule is CC1(NC(=O)Cc2ccccc2O)CCOCC1. The first kappa shape index (κ1) is 12.9. The van der Waals surface area contributed by atoms with Gasteiger partial charge in [0.05, 0.1) is 6.42 Å². The molecule has 0 spiro atoms. The van der Waals surface area contributed by atoms with E-state index in [0.717, 1.165) is 12.8 Å². The Labute approximate surface area is 107 Å². The number of phenols is 1. The maximum absolute atomic E-state index is 12.0. The Morgan fingerprint density at radius 1 is 1.39 bits per heavy atom. The van der Waals surface area contributed by atoms with Gasteiger partial charge in [-0.05, 0) is 25.8 Å². The number of ether oxygens (including phenoxy) is 1. The van der Waals surface area contributed by atoms with Gasteiger partial charge in [0.15, 0.2) is 0 Å². The lowest BCUT2D eigenvalue weighted by atomic mass is 9.92. The summed E-state index contributed by atoms with van der Waals surface area (Å²) in [6.45, 7) is 3.42. The quantitative estimate of drug-likeness (QED) is 0.855. The van der Waals surface area contributed by atoms with Crippen molar-refractivity contribution in [2.24, 2.45) is 0 Å². The van der Waals surface area contributed by atoms with E-state index in [2.05, 4.69) is 5.32 Å². The van der Waals surface area contributed by atoms with Crippen LogP contribution in [0.15, 0.2) is 24.3 Å². The smallest absolute Gasteiger partial charge is 0.224 e. The summed E-state index contributed by atoms with van der Waals surface area (Å²) >= 11 is 0.